The van der Waals surface area contributed by atoms with Crippen LogP contribution in [0.5, 0.6) is 0 Å². The number of aromatic nitrogens is 1. The molecule has 8 nitrogen and oxygen atoms in total. The lowest BCUT2D eigenvalue weighted by Gasteiger charge is -2.27. The maximum absolute atomic E-state index is 13.6. The number of aryl methyl sites for hydroxylation is 1. The second kappa shape index (κ2) is 9.80. The van der Waals surface area contributed by atoms with E-state index in [0.717, 1.165) is 12.8 Å². The number of hydrogen-bond donors (Lipinski definition) is 2. The number of hydrogen-bond acceptors (Lipinski definition) is 5. The summed E-state index contributed by atoms with van der Waals surface area (Å²) in [5, 5.41) is 5.15. The minimum atomic E-state index is -3.13. The molecule has 0 aliphatic heterocycles. The zero-order chi connectivity index (χ0) is 26.4. The Bertz CT molecular complexity index is 1340. The van der Waals surface area contributed by atoms with E-state index in [9.17, 15) is 27.2 Å². The predicted octanol–water partition coefficient (Wildman–Crippen LogP) is 3.57. The molecule has 0 unspecified atom stereocenters. The topological polar surface area (TPSA) is 114 Å². The molecule has 1 aromatic heterocycles. The van der Waals surface area contributed by atoms with Crippen LogP contribution in [0.2, 0.25) is 0 Å². The molecule has 2 amide bonds. The van der Waals surface area contributed by atoms with Crippen LogP contribution < -0.4 is 10.6 Å². The summed E-state index contributed by atoms with van der Waals surface area (Å²) in [4.78, 5) is 39.4. The van der Waals surface area contributed by atoms with E-state index in [0.29, 0.717) is 53.8 Å². The van der Waals surface area contributed by atoms with Crippen molar-refractivity contribution in [2.24, 2.45) is 7.05 Å². The third kappa shape index (κ3) is 5.23. The molecule has 1 aromatic carbocycles. The summed E-state index contributed by atoms with van der Waals surface area (Å²) in [7, 11) is -1.44. The van der Waals surface area contributed by atoms with Crippen molar-refractivity contribution in [3.8, 4) is 0 Å². The van der Waals surface area contributed by atoms with E-state index in [1.54, 1.807) is 31.5 Å². The van der Waals surface area contributed by atoms with E-state index in [4.69, 9.17) is 0 Å². The van der Waals surface area contributed by atoms with Gasteiger partial charge in [-0.2, -0.15) is 0 Å². The van der Waals surface area contributed by atoms with Gasteiger partial charge in [0.2, 0.25) is 0 Å². The van der Waals surface area contributed by atoms with E-state index < -0.39 is 32.7 Å². The van der Waals surface area contributed by atoms with Crippen LogP contribution >= 0.6 is 0 Å². The van der Waals surface area contributed by atoms with Gasteiger partial charge in [-0.05, 0) is 81.7 Å². The molecule has 2 aliphatic rings. The lowest BCUT2D eigenvalue weighted by molar-refractivity contribution is -0.117. The third-order valence-electron chi connectivity index (χ3n) is 7.33. The van der Waals surface area contributed by atoms with E-state index in [-0.39, 0.29) is 23.5 Å². The number of rotatable bonds is 7. The molecule has 2 saturated carbocycles. The molecule has 10 heteroatoms. The number of nitrogens with one attached hydrogen (secondary N) is 2. The van der Waals surface area contributed by atoms with Gasteiger partial charge in [-0.15, -0.1) is 0 Å². The standard InChI is InChI=1S/C26H32FN3O5S/c1-14-13-18(9-12-20(14)27)29-25(32)21-15(2)22(30(3)23(21)16-5-6-16)24(31)26(33)28-17-7-10-19(11-8-17)36(4,34)35/h9,12-13,16-17,19H,5-8,10-11H2,1-4H3,(H,28,33)(H,29,32)/t17-,19+. The van der Waals surface area contributed by atoms with Crippen molar-refractivity contribution in [2.75, 3.05) is 11.6 Å². The van der Waals surface area contributed by atoms with Crippen molar-refractivity contribution in [2.45, 2.75) is 69.6 Å². The molecule has 2 aliphatic carbocycles. The van der Waals surface area contributed by atoms with Gasteiger partial charge in [0.25, 0.3) is 17.6 Å². The van der Waals surface area contributed by atoms with Crippen molar-refractivity contribution < 1.29 is 27.2 Å². The number of amides is 2. The molecule has 0 saturated heterocycles. The van der Waals surface area contributed by atoms with Crippen LogP contribution in [-0.2, 0) is 21.7 Å². The Balaban J connectivity index is 1.54. The highest BCUT2D eigenvalue weighted by Crippen LogP contribution is 2.44. The smallest absolute Gasteiger partial charge is 0.294 e. The van der Waals surface area contributed by atoms with Crippen LogP contribution in [0.4, 0.5) is 10.1 Å². The summed E-state index contributed by atoms with van der Waals surface area (Å²) in [5.41, 5.74) is 2.52. The fourth-order valence-corrected chi connectivity index (χ4v) is 6.33. The first-order chi connectivity index (χ1) is 16.9. The molecule has 0 radical (unpaired) electrons. The lowest BCUT2D eigenvalue weighted by Crippen LogP contribution is -2.43. The Kier molecular flexibility index (Phi) is 7.10. The first kappa shape index (κ1) is 26.1. The zero-order valence-electron chi connectivity index (χ0n) is 21.0. The van der Waals surface area contributed by atoms with Gasteiger partial charge in [-0.1, -0.05) is 0 Å². The summed E-state index contributed by atoms with van der Waals surface area (Å²) >= 11 is 0. The first-order valence-electron chi connectivity index (χ1n) is 12.2. The Morgan fingerprint density at radius 3 is 2.22 bits per heavy atom. The Labute approximate surface area is 210 Å². The number of anilines is 1. The number of nitrogens with zero attached hydrogens (tertiary/aromatic N) is 1. The molecule has 36 heavy (non-hydrogen) atoms. The molecule has 2 fully saturated rings. The highest BCUT2D eigenvalue weighted by Gasteiger charge is 2.37. The third-order valence-corrected chi connectivity index (χ3v) is 9.01. The maximum Gasteiger partial charge on any atom is 0.294 e. The minimum Gasteiger partial charge on any atom is -0.346 e. The summed E-state index contributed by atoms with van der Waals surface area (Å²) in [6.07, 6.45) is 4.86. The van der Waals surface area contributed by atoms with Gasteiger partial charge in [-0.25, -0.2) is 12.8 Å². The van der Waals surface area contributed by atoms with Crippen LogP contribution in [-0.4, -0.2) is 48.1 Å². The van der Waals surface area contributed by atoms with E-state index in [1.807, 2.05) is 0 Å². The van der Waals surface area contributed by atoms with Crippen LogP contribution in [0, 0.1) is 19.7 Å². The highest BCUT2D eigenvalue weighted by molar-refractivity contribution is 7.91. The fraction of sp³-hybridized carbons (Fsp3) is 0.500. The number of ketones is 1. The first-order valence-corrected chi connectivity index (χ1v) is 14.1. The minimum absolute atomic E-state index is 0.125. The summed E-state index contributed by atoms with van der Waals surface area (Å²) in [6, 6.07) is 4.04. The number of carbonyl (C=O) groups excluding carboxylic acids is 3. The molecular weight excluding hydrogens is 485 g/mol. The van der Waals surface area contributed by atoms with E-state index in [2.05, 4.69) is 10.6 Å². The van der Waals surface area contributed by atoms with Crippen molar-refractivity contribution in [3.05, 3.63) is 52.1 Å². The van der Waals surface area contributed by atoms with Gasteiger partial charge in [0.1, 0.15) is 15.7 Å². The average molecular weight is 518 g/mol. The summed E-state index contributed by atoms with van der Waals surface area (Å²) in [6.45, 7) is 3.27. The molecule has 2 aromatic rings. The largest absolute Gasteiger partial charge is 0.346 e. The number of sulfone groups is 1. The number of halogens is 1. The quantitative estimate of drug-likeness (QED) is 0.431. The van der Waals surface area contributed by atoms with Crippen LogP contribution in [0.25, 0.3) is 0 Å². The number of Topliss-reactive ketones (excluding diaryl/α,β-unsaturated/α-hetero) is 1. The van der Waals surface area contributed by atoms with Crippen molar-refractivity contribution in [3.63, 3.8) is 0 Å². The zero-order valence-corrected chi connectivity index (χ0v) is 21.8. The summed E-state index contributed by atoms with van der Waals surface area (Å²) < 4.78 is 38.9. The number of benzene rings is 1. The van der Waals surface area contributed by atoms with Gasteiger partial charge in [-0.3, -0.25) is 14.4 Å². The van der Waals surface area contributed by atoms with Crippen molar-refractivity contribution in [1.82, 2.24) is 9.88 Å². The highest BCUT2D eigenvalue weighted by atomic mass is 32.2. The molecule has 194 valence electrons. The maximum atomic E-state index is 13.6. The van der Waals surface area contributed by atoms with Gasteiger partial charge < -0.3 is 15.2 Å². The summed E-state index contributed by atoms with van der Waals surface area (Å²) in [5.74, 6) is -2.13. The van der Waals surface area contributed by atoms with Crippen molar-refractivity contribution in [1.29, 1.82) is 0 Å². The normalized spacial score (nSPS) is 20.1. The average Bonchev–Trinajstić information content (AvgIpc) is 3.60. The predicted molar refractivity (Wildman–Crippen MR) is 135 cm³/mol. The van der Waals surface area contributed by atoms with Crippen LogP contribution in [0.1, 0.15) is 82.1 Å². The number of carbonyl (C=O) groups is 3. The molecule has 0 bridgehead atoms. The Hall–Kier alpha value is -3.01. The fourth-order valence-electron chi connectivity index (χ4n) is 5.20. The lowest BCUT2D eigenvalue weighted by atomic mass is 9.94. The van der Waals surface area contributed by atoms with Gasteiger partial charge in [0, 0.05) is 36.6 Å². The second-order valence-electron chi connectivity index (χ2n) is 10.1. The monoisotopic (exact) mass is 517 g/mol. The SMILES string of the molecule is Cc1cc(NC(=O)c2c(C)c(C(=O)C(=O)N[C@H]3CC[C@@H](S(C)(=O)=O)CC3)n(C)c2C2CC2)ccc1F. The molecular formula is C26H32FN3O5S. The second-order valence-corrected chi connectivity index (χ2v) is 12.4. The van der Waals surface area contributed by atoms with Crippen molar-refractivity contribution >= 4 is 33.1 Å². The molecule has 0 atom stereocenters. The van der Waals surface area contributed by atoms with Gasteiger partial charge in [0.05, 0.1) is 16.5 Å². The Morgan fingerprint density at radius 1 is 1.03 bits per heavy atom. The van der Waals surface area contributed by atoms with Crippen LogP contribution in [0.3, 0.4) is 0 Å². The molecule has 4 rings (SSSR count). The Morgan fingerprint density at radius 2 is 1.67 bits per heavy atom. The molecule has 2 N–H and O–H groups in total. The van der Waals surface area contributed by atoms with Gasteiger partial charge in [0.15, 0.2) is 0 Å². The molecule has 0 spiro atoms. The van der Waals surface area contributed by atoms with Gasteiger partial charge >= 0.3 is 0 Å². The van der Waals surface area contributed by atoms with E-state index in [1.165, 1.54) is 18.4 Å². The van der Waals surface area contributed by atoms with E-state index >= 15 is 0 Å². The molecule has 1 heterocycles. The van der Waals surface area contributed by atoms with Crippen LogP contribution in [0.15, 0.2) is 18.2 Å².